The molecule has 0 spiro atoms. The molecule has 0 radical (unpaired) electrons. The smallest absolute Gasteiger partial charge is 0.263 e. The van der Waals surface area contributed by atoms with E-state index in [1.165, 1.54) is 36.2 Å². The Morgan fingerprint density at radius 1 is 1.15 bits per heavy atom. The normalized spacial score (nSPS) is 11.3. The van der Waals surface area contributed by atoms with Gasteiger partial charge in [-0.1, -0.05) is 12.1 Å². The molecule has 0 aliphatic carbocycles. The van der Waals surface area contributed by atoms with E-state index >= 15 is 0 Å². The zero-order valence-corrected chi connectivity index (χ0v) is 15.1. The lowest BCUT2D eigenvalue weighted by Gasteiger charge is -2.13. The van der Waals surface area contributed by atoms with E-state index in [0.717, 1.165) is 5.56 Å². The average Bonchev–Trinajstić information content (AvgIpc) is 3.02. The van der Waals surface area contributed by atoms with Crippen LogP contribution in [0.25, 0.3) is 0 Å². The van der Waals surface area contributed by atoms with Crippen molar-refractivity contribution in [2.75, 3.05) is 11.8 Å². The van der Waals surface area contributed by atoms with Crippen LogP contribution in [0.3, 0.4) is 0 Å². The predicted octanol–water partition coefficient (Wildman–Crippen LogP) is 3.19. The van der Waals surface area contributed by atoms with Gasteiger partial charge in [0, 0.05) is 6.07 Å². The van der Waals surface area contributed by atoms with Gasteiger partial charge in [0.15, 0.2) is 0 Å². The Morgan fingerprint density at radius 3 is 2.54 bits per heavy atom. The van der Waals surface area contributed by atoms with Crippen LogP contribution in [-0.4, -0.2) is 25.3 Å². The number of rotatable bonds is 6. The third kappa shape index (κ3) is 3.85. The van der Waals surface area contributed by atoms with E-state index in [1.807, 2.05) is 0 Å². The highest BCUT2D eigenvalue weighted by molar-refractivity contribution is 7.92. The first-order chi connectivity index (χ1) is 12.4. The number of hydrogen-bond acceptors (Lipinski definition) is 4. The lowest BCUT2D eigenvalue weighted by atomic mass is 10.2. The third-order valence-corrected chi connectivity index (χ3v) is 5.39. The standard InChI is InChI=1S/C18H18FN3O3S/c1-13-11-16(25-2)7-8-17(13)26(23,24)21-18-9-10-20-22(18)12-14-3-5-15(19)6-4-14/h3-11,21H,12H2,1-2H3. The maximum absolute atomic E-state index is 13.0. The number of benzene rings is 2. The molecule has 8 heteroatoms. The Hall–Kier alpha value is -2.87. The molecule has 0 aliphatic rings. The molecule has 0 saturated carbocycles. The summed E-state index contributed by atoms with van der Waals surface area (Å²) in [6.45, 7) is 2.01. The second kappa shape index (κ2) is 7.17. The lowest BCUT2D eigenvalue weighted by molar-refractivity contribution is 0.414. The van der Waals surface area contributed by atoms with E-state index < -0.39 is 10.0 Å². The molecular formula is C18H18FN3O3S. The van der Waals surface area contributed by atoms with Crippen LogP contribution in [0.2, 0.25) is 0 Å². The van der Waals surface area contributed by atoms with Crippen LogP contribution >= 0.6 is 0 Å². The van der Waals surface area contributed by atoms with Crippen LogP contribution < -0.4 is 9.46 Å². The van der Waals surface area contributed by atoms with Gasteiger partial charge >= 0.3 is 0 Å². The van der Waals surface area contributed by atoms with Gasteiger partial charge in [0.1, 0.15) is 17.4 Å². The van der Waals surface area contributed by atoms with Crippen molar-refractivity contribution >= 4 is 15.8 Å². The number of halogens is 1. The first-order valence-electron chi connectivity index (χ1n) is 7.83. The summed E-state index contributed by atoms with van der Waals surface area (Å²) >= 11 is 0. The second-order valence-corrected chi connectivity index (χ2v) is 7.39. The SMILES string of the molecule is COc1ccc(S(=O)(=O)Nc2ccnn2Cc2ccc(F)cc2)c(C)c1. The number of anilines is 1. The number of aromatic nitrogens is 2. The predicted molar refractivity (Wildman–Crippen MR) is 96.3 cm³/mol. The van der Waals surface area contributed by atoms with Gasteiger partial charge in [-0.25, -0.2) is 17.5 Å². The summed E-state index contributed by atoms with van der Waals surface area (Å²) < 4.78 is 47.6. The molecule has 136 valence electrons. The Labute approximate surface area is 151 Å². The largest absolute Gasteiger partial charge is 0.497 e. The molecule has 0 atom stereocenters. The van der Waals surface area contributed by atoms with Crippen LogP contribution in [0.4, 0.5) is 10.2 Å². The minimum atomic E-state index is -3.79. The molecule has 0 saturated heterocycles. The van der Waals surface area contributed by atoms with Crippen molar-refractivity contribution in [3.8, 4) is 5.75 Å². The van der Waals surface area contributed by atoms with E-state index in [1.54, 1.807) is 37.3 Å². The molecule has 0 bridgehead atoms. The fourth-order valence-corrected chi connectivity index (χ4v) is 3.84. The minimum Gasteiger partial charge on any atom is -0.497 e. The van der Waals surface area contributed by atoms with Crippen LogP contribution in [0.5, 0.6) is 5.75 Å². The Kier molecular flexibility index (Phi) is 4.94. The number of nitrogens with zero attached hydrogens (tertiary/aromatic N) is 2. The zero-order chi connectivity index (χ0) is 18.7. The van der Waals surface area contributed by atoms with Crippen molar-refractivity contribution in [2.45, 2.75) is 18.4 Å². The topological polar surface area (TPSA) is 73.2 Å². The summed E-state index contributed by atoms with van der Waals surface area (Å²) in [5, 5.41) is 4.14. The first-order valence-corrected chi connectivity index (χ1v) is 9.31. The Bertz CT molecular complexity index is 1010. The highest BCUT2D eigenvalue weighted by Gasteiger charge is 2.19. The lowest BCUT2D eigenvalue weighted by Crippen LogP contribution is -2.17. The number of ether oxygens (including phenoxy) is 1. The quantitative estimate of drug-likeness (QED) is 0.718. The summed E-state index contributed by atoms with van der Waals surface area (Å²) in [5.41, 5.74) is 1.37. The summed E-state index contributed by atoms with van der Waals surface area (Å²) in [5.74, 6) is 0.581. The third-order valence-electron chi connectivity index (χ3n) is 3.87. The summed E-state index contributed by atoms with van der Waals surface area (Å²) in [4.78, 5) is 0.160. The summed E-state index contributed by atoms with van der Waals surface area (Å²) in [6.07, 6.45) is 1.50. The van der Waals surface area contributed by atoms with Crippen molar-refractivity contribution < 1.29 is 17.5 Å². The second-order valence-electron chi connectivity index (χ2n) is 5.74. The van der Waals surface area contributed by atoms with Gasteiger partial charge in [-0.3, -0.25) is 4.72 Å². The molecule has 0 fully saturated rings. The van der Waals surface area contributed by atoms with Gasteiger partial charge in [-0.15, -0.1) is 0 Å². The van der Waals surface area contributed by atoms with E-state index in [4.69, 9.17) is 4.74 Å². The monoisotopic (exact) mass is 375 g/mol. The van der Waals surface area contributed by atoms with Crippen molar-refractivity contribution in [1.82, 2.24) is 9.78 Å². The Balaban J connectivity index is 1.85. The van der Waals surface area contributed by atoms with Gasteiger partial charge in [0.25, 0.3) is 10.0 Å². The molecule has 2 aromatic carbocycles. The van der Waals surface area contributed by atoms with Crippen molar-refractivity contribution in [3.05, 3.63) is 71.7 Å². The highest BCUT2D eigenvalue weighted by Crippen LogP contribution is 2.23. The zero-order valence-electron chi connectivity index (χ0n) is 14.3. The van der Waals surface area contributed by atoms with Crippen molar-refractivity contribution in [2.24, 2.45) is 0 Å². The summed E-state index contributed by atoms with van der Waals surface area (Å²) in [6, 6.07) is 12.3. The number of nitrogens with one attached hydrogen (secondary N) is 1. The first kappa shape index (κ1) is 17.9. The molecule has 1 heterocycles. The number of hydrogen-bond donors (Lipinski definition) is 1. The van der Waals surface area contributed by atoms with E-state index in [9.17, 15) is 12.8 Å². The maximum atomic E-state index is 13.0. The van der Waals surface area contributed by atoms with Crippen LogP contribution in [0.1, 0.15) is 11.1 Å². The highest BCUT2D eigenvalue weighted by atomic mass is 32.2. The molecule has 3 aromatic rings. The molecule has 0 aliphatic heterocycles. The number of methoxy groups -OCH3 is 1. The van der Waals surface area contributed by atoms with E-state index in [0.29, 0.717) is 23.7 Å². The van der Waals surface area contributed by atoms with E-state index in [2.05, 4.69) is 9.82 Å². The number of aryl methyl sites for hydroxylation is 1. The molecule has 1 N–H and O–H groups in total. The molecule has 0 amide bonds. The van der Waals surface area contributed by atoms with Crippen LogP contribution in [0.15, 0.2) is 59.6 Å². The van der Waals surface area contributed by atoms with Gasteiger partial charge in [-0.05, 0) is 48.4 Å². The van der Waals surface area contributed by atoms with Gasteiger partial charge in [0.05, 0.1) is 24.7 Å². The minimum absolute atomic E-state index is 0.160. The summed E-state index contributed by atoms with van der Waals surface area (Å²) in [7, 11) is -2.26. The van der Waals surface area contributed by atoms with Gasteiger partial charge in [0.2, 0.25) is 0 Å². The van der Waals surface area contributed by atoms with Gasteiger partial charge in [-0.2, -0.15) is 5.10 Å². The van der Waals surface area contributed by atoms with Crippen LogP contribution in [0, 0.1) is 12.7 Å². The Morgan fingerprint density at radius 2 is 1.88 bits per heavy atom. The molecule has 3 rings (SSSR count). The van der Waals surface area contributed by atoms with Crippen molar-refractivity contribution in [3.63, 3.8) is 0 Å². The van der Waals surface area contributed by atoms with Crippen LogP contribution in [-0.2, 0) is 16.6 Å². The molecule has 0 unspecified atom stereocenters. The molecule has 26 heavy (non-hydrogen) atoms. The molecule has 1 aromatic heterocycles. The molecule has 6 nitrogen and oxygen atoms in total. The fourth-order valence-electron chi connectivity index (χ4n) is 2.55. The maximum Gasteiger partial charge on any atom is 0.263 e. The van der Waals surface area contributed by atoms with Gasteiger partial charge < -0.3 is 4.74 Å². The average molecular weight is 375 g/mol. The number of sulfonamides is 1. The fraction of sp³-hybridized carbons (Fsp3) is 0.167. The van der Waals surface area contributed by atoms with Crippen molar-refractivity contribution in [1.29, 1.82) is 0 Å². The molecular weight excluding hydrogens is 357 g/mol. The van der Waals surface area contributed by atoms with E-state index in [-0.39, 0.29) is 10.7 Å².